The predicted molar refractivity (Wildman–Crippen MR) is 109 cm³/mol. The monoisotopic (exact) mass is 394 g/mol. The van der Waals surface area contributed by atoms with Gasteiger partial charge in [-0.1, -0.05) is 38.1 Å². The summed E-state index contributed by atoms with van der Waals surface area (Å²) in [5.41, 5.74) is 2.71. The first-order valence-electron chi connectivity index (χ1n) is 9.14. The molecule has 2 aromatic carbocycles. The van der Waals surface area contributed by atoms with E-state index in [9.17, 15) is 19.7 Å². The van der Waals surface area contributed by atoms with E-state index in [0.29, 0.717) is 0 Å². The maximum absolute atomic E-state index is 12.5. The molecule has 7 nitrogen and oxygen atoms in total. The molecule has 29 heavy (non-hydrogen) atoms. The SMILES string of the molecule is Cc1c(C(=O)OCC(=O)/C=C2\N(C)c3ccccc3C2(C)C)cccc1[N+](=O)[O-]. The minimum Gasteiger partial charge on any atom is -0.454 e. The van der Waals surface area contributed by atoms with E-state index in [4.69, 9.17) is 4.74 Å². The molecule has 0 amide bonds. The van der Waals surface area contributed by atoms with Gasteiger partial charge in [0.05, 0.1) is 10.5 Å². The van der Waals surface area contributed by atoms with Crippen LogP contribution in [0.1, 0.15) is 35.3 Å². The molecule has 1 aliphatic rings. The van der Waals surface area contributed by atoms with Crippen LogP contribution in [0.15, 0.2) is 54.2 Å². The fourth-order valence-corrected chi connectivity index (χ4v) is 3.71. The van der Waals surface area contributed by atoms with Gasteiger partial charge in [-0.3, -0.25) is 14.9 Å². The highest BCUT2D eigenvalue weighted by Gasteiger charge is 2.38. The second-order valence-electron chi connectivity index (χ2n) is 7.48. The number of hydrogen-bond acceptors (Lipinski definition) is 6. The predicted octanol–water partition coefficient (Wildman–Crippen LogP) is 3.94. The minimum absolute atomic E-state index is 0.0744. The largest absolute Gasteiger partial charge is 0.454 e. The van der Waals surface area contributed by atoms with E-state index < -0.39 is 17.5 Å². The number of esters is 1. The highest BCUT2D eigenvalue weighted by molar-refractivity contribution is 5.97. The van der Waals surface area contributed by atoms with Gasteiger partial charge in [0, 0.05) is 41.6 Å². The number of ether oxygens (including phenoxy) is 1. The van der Waals surface area contributed by atoms with Crippen molar-refractivity contribution in [3.05, 3.63) is 81.0 Å². The molecule has 1 heterocycles. The Labute approximate surface area is 168 Å². The van der Waals surface area contributed by atoms with Gasteiger partial charge >= 0.3 is 5.97 Å². The fourth-order valence-electron chi connectivity index (χ4n) is 3.71. The van der Waals surface area contributed by atoms with Crippen LogP contribution in [0.5, 0.6) is 0 Å². The molecule has 0 unspecified atom stereocenters. The van der Waals surface area contributed by atoms with Crippen molar-refractivity contribution in [2.75, 3.05) is 18.6 Å². The standard InChI is InChI=1S/C22H22N2O5/c1-14-16(8-7-11-18(14)24(27)28)21(26)29-13-15(25)12-20-22(2,3)17-9-5-6-10-19(17)23(20)4/h5-12H,13H2,1-4H3/b20-12-. The Kier molecular flexibility index (Phi) is 5.24. The van der Waals surface area contributed by atoms with E-state index in [2.05, 4.69) is 0 Å². The number of rotatable bonds is 5. The average Bonchev–Trinajstić information content (AvgIpc) is 2.87. The third-order valence-electron chi connectivity index (χ3n) is 5.31. The van der Waals surface area contributed by atoms with E-state index in [1.54, 1.807) is 0 Å². The van der Waals surface area contributed by atoms with Crippen molar-refractivity contribution in [3.63, 3.8) is 0 Å². The summed E-state index contributed by atoms with van der Waals surface area (Å²) in [5.74, 6) is -1.12. The number of allylic oxidation sites excluding steroid dienone is 1. The van der Waals surface area contributed by atoms with Crippen molar-refractivity contribution in [3.8, 4) is 0 Å². The highest BCUT2D eigenvalue weighted by atomic mass is 16.6. The van der Waals surface area contributed by atoms with Crippen molar-refractivity contribution in [1.82, 2.24) is 0 Å². The summed E-state index contributed by atoms with van der Waals surface area (Å²) in [6.07, 6.45) is 1.49. The molecule has 0 fully saturated rings. The van der Waals surface area contributed by atoms with Crippen LogP contribution >= 0.6 is 0 Å². The zero-order valence-electron chi connectivity index (χ0n) is 16.8. The summed E-state index contributed by atoms with van der Waals surface area (Å²) in [7, 11) is 1.89. The summed E-state index contributed by atoms with van der Waals surface area (Å²) >= 11 is 0. The number of para-hydroxylation sites is 1. The number of fused-ring (bicyclic) bond motifs is 1. The summed E-state index contributed by atoms with van der Waals surface area (Å²) in [6, 6.07) is 12.1. The molecule has 150 valence electrons. The molecule has 0 atom stereocenters. The maximum atomic E-state index is 12.5. The van der Waals surface area contributed by atoms with Gasteiger partial charge in [0.15, 0.2) is 12.4 Å². The Morgan fingerprint density at radius 2 is 1.86 bits per heavy atom. The van der Waals surface area contributed by atoms with Gasteiger partial charge in [0.2, 0.25) is 0 Å². The lowest BCUT2D eigenvalue weighted by atomic mass is 9.83. The summed E-state index contributed by atoms with van der Waals surface area (Å²) in [6.45, 7) is 5.11. The lowest BCUT2D eigenvalue weighted by molar-refractivity contribution is -0.385. The summed E-state index contributed by atoms with van der Waals surface area (Å²) in [5, 5.41) is 11.0. The summed E-state index contributed by atoms with van der Waals surface area (Å²) < 4.78 is 5.12. The molecule has 7 heteroatoms. The topological polar surface area (TPSA) is 89.8 Å². The van der Waals surface area contributed by atoms with Crippen LogP contribution in [0.2, 0.25) is 0 Å². The number of nitrogens with zero attached hydrogens (tertiary/aromatic N) is 2. The van der Waals surface area contributed by atoms with E-state index >= 15 is 0 Å². The molecule has 0 N–H and O–H groups in total. The van der Waals surface area contributed by atoms with Gasteiger partial charge in [0.25, 0.3) is 5.69 Å². The molecule has 0 saturated carbocycles. The minimum atomic E-state index is -0.764. The molecule has 1 aliphatic heterocycles. The average molecular weight is 394 g/mol. The molecule has 2 aromatic rings. The summed E-state index contributed by atoms with van der Waals surface area (Å²) in [4.78, 5) is 37.2. The van der Waals surface area contributed by atoms with Gasteiger partial charge in [-0.05, 0) is 24.6 Å². The van der Waals surface area contributed by atoms with Gasteiger partial charge < -0.3 is 9.64 Å². The molecule has 0 aliphatic carbocycles. The molecular weight excluding hydrogens is 372 g/mol. The van der Waals surface area contributed by atoms with Crippen LogP contribution in [0, 0.1) is 17.0 Å². The lowest BCUT2D eigenvalue weighted by Gasteiger charge is -2.23. The van der Waals surface area contributed by atoms with Crippen LogP contribution in [0.4, 0.5) is 11.4 Å². The Morgan fingerprint density at radius 3 is 2.52 bits per heavy atom. The van der Waals surface area contributed by atoms with Gasteiger partial charge in [0.1, 0.15) is 0 Å². The Hall–Kier alpha value is -3.48. The second kappa shape index (κ2) is 7.50. The van der Waals surface area contributed by atoms with Crippen molar-refractivity contribution in [1.29, 1.82) is 0 Å². The van der Waals surface area contributed by atoms with Crippen molar-refractivity contribution >= 4 is 23.1 Å². The van der Waals surface area contributed by atoms with E-state index in [-0.39, 0.29) is 28.0 Å². The van der Waals surface area contributed by atoms with Gasteiger partial charge in [-0.2, -0.15) is 0 Å². The quantitative estimate of drug-likeness (QED) is 0.330. The smallest absolute Gasteiger partial charge is 0.339 e. The molecule has 0 radical (unpaired) electrons. The van der Waals surface area contributed by atoms with E-state index in [1.807, 2.05) is 50.1 Å². The van der Waals surface area contributed by atoms with Crippen LogP contribution in [-0.4, -0.2) is 30.3 Å². The van der Waals surface area contributed by atoms with Gasteiger partial charge in [-0.25, -0.2) is 4.79 Å². The van der Waals surface area contributed by atoms with Crippen LogP contribution in [-0.2, 0) is 14.9 Å². The molecular formula is C22H22N2O5. The van der Waals surface area contributed by atoms with E-state index in [0.717, 1.165) is 16.9 Å². The number of nitro benzene ring substituents is 1. The molecule has 0 spiro atoms. The first kappa shape index (κ1) is 20.3. The van der Waals surface area contributed by atoms with Crippen LogP contribution in [0.3, 0.4) is 0 Å². The Balaban J connectivity index is 1.75. The molecule has 3 rings (SSSR count). The first-order valence-corrected chi connectivity index (χ1v) is 9.14. The lowest BCUT2D eigenvalue weighted by Crippen LogP contribution is -2.25. The van der Waals surface area contributed by atoms with Gasteiger partial charge in [-0.15, -0.1) is 0 Å². The number of anilines is 1. The number of benzene rings is 2. The maximum Gasteiger partial charge on any atom is 0.339 e. The third kappa shape index (κ3) is 3.63. The number of hydrogen-bond donors (Lipinski definition) is 0. The molecule has 0 saturated heterocycles. The Bertz CT molecular complexity index is 1040. The van der Waals surface area contributed by atoms with Crippen molar-refractivity contribution < 1.29 is 19.2 Å². The number of nitro groups is 1. The normalized spacial score (nSPS) is 15.9. The van der Waals surface area contributed by atoms with Crippen molar-refractivity contribution in [2.24, 2.45) is 0 Å². The molecule has 0 bridgehead atoms. The number of carbonyl (C=O) groups excluding carboxylic acids is 2. The number of likely N-dealkylation sites (N-methyl/N-ethyl adjacent to an activating group) is 1. The second-order valence-corrected chi connectivity index (χ2v) is 7.48. The highest BCUT2D eigenvalue weighted by Crippen LogP contribution is 2.46. The first-order chi connectivity index (χ1) is 13.6. The molecule has 0 aromatic heterocycles. The fraction of sp³-hybridized carbons (Fsp3) is 0.273. The third-order valence-corrected chi connectivity index (χ3v) is 5.31. The van der Waals surface area contributed by atoms with Crippen LogP contribution in [0.25, 0.3) is 0 Å². The zero-order valence-corrected chi connectivity index (χ0v) is 16.8. The Morgan fingerprint density at radius 1 is 1.17 bits per heavy atom. The van der Waals surface area contributed by atoms with Crippen molar-refractivity contribution in [2.45, 2.75) is 26.2 Å². The van der Waals surface area contributed by atoms with E-state index in [1.165, 1.54) is 31.2 Å². The zero-order chi connectivity index (χ0) is 21.3. The van der Waals surface area contributed by atoms with Crippen LogP contribution < -0.4 is 4.90 Å². The number of carbonyl (C=O) groups is 2. The number of ketones is 1.